The molecule has 15 heavy (non-hydrogen) atoms. The van der Waals surface area contributed by atoms with Crippen LogP contribution in [0.4, 0.5) is 8.78 Å². The Kier molecular flexibility index (Phi) is 4.65. The Balaban J connectivity index is 2.27. The van der Waals surface area contributed by atoms with Crippen LogP contribution in [0.5, 0.6) is 0 Å². The molecule has 0 saturated carbocycles. The Morgan fingerprint density at radius 2 is 1.80 bits per heavy atom. The van der Waals surface area contributed by atoms with Gasteiger partial charge in [-0.05, 0) is 5.56 Å². The third-order valence-corrected chi connectivity index (χ3v) is 1.78. The molecule has 0 atom stereocenters. The molecule has 0 amide bonds. The van der Waals surface area contributed by atoms with Gasteiger partial charge >= 0.3 is 0 Å². The predicted octanol–water partition coefficient (Wildman–Crippen LogP) is 2.48. The molecule has 0 fully saturated rings. The van der Waals surface area contributed by atoms with Gasteiger partial charge in [0.05, 0.1) is 6.61 Å². The van der Waals surface area contributed by atoms with Crippen molar-refractivity contribution in [3.05, 3.63) is 35.9 Å². The smallest absolute Gasteiger partial charge is 0.293 e. The van der Waals surface area contributed by atoms with Crippen molar-refractivity contribution in [2.75, 3.05) is 20.3 Å². The van der Waals surface area contributed by atoms with Crippen LogP contribution in [0.2, 0.25) is 0 Å². The maximum atomic E-state index is 12.9. The summed E-state index contributed by atoms with van der Waals surface area (Å²) in [6.07, 6.45) is 0. The molecule has 0 bridgehead atoms. The number of alkyl halides is 2. The highest BCUT2D eigenvalue weighted by Gasteiger charge is 2.28. The summed E-state index contributed by atoms with van der Waals surface area (Å²) in [7, 11) is 1.24. The van der Waals surface area contributed by atoms with Crippen molar-refractivity contribution < 1.29 is 18.3 Å². The van der Waals surface area contributed by atoms with Gasteiger partial charge in [0.25, 0.3) is 5.92 Å². The number of halogens is 2. The molecule has 0 aromatic heterocycles. The van der Waals surface area contributed by atoms with Gasteiger partial charge in [-0.15, -0.1) is 0 Å². The fourth-order valence-corrected chi connectivity index (χ4v) is 1.15. The summed E-state index contributed by atoms with van der Waals surface area (Å²) in [4.78, 5) is 0. The fraction of sp³-hybridized carbons (Fsp3) is 0.455. The molecular weight excluding hydrogens is 202 g/mol. The zero-order valence-electron chi connectivity index (χ0n) is 8.58. The molecule has 0 unspecified atom stereocenters. The maximum Gasteiger partial charge on any atom is 0.293 e. The molecule has 0 saturated heterocycles. The van der Waals surface area contributed by atoms with Crippen molar-refractivity contribution in [3.63, 3.8) is 0 Å². The van der Waals surface area contributed by atoms with Crippen molar-refractivity contribution in [2.45, 2.75) is 12.5 Å². The van der Waals surface area contributed by atoms with E-state index in [2.05, 4.69) is 4.74 Å². The lowest BCUT2D eigenvalue weighted by Crippen LogP contribution is -2.29. The largest absolute Gasteiger partial charge is 0.378 e. The molecule has 0 aliphatic rings. The van der Waals surface area contributed by atoms with Crippen molar-refractivity contribution >= 4 is 0 Å². The normalized spacial score (nSPS) is 11.7. The lowest BCUT2D eigenvalue weighted by atomic mass is 10.2. The van der Waals surface area contributed by atoms with E-state index in [4.69, 9.17) is 4.74 Å². The highest BCUT2D eigenvalue weighted by atomic mass is 19.3. The van der Waals surface area contributed by atoms with E-state index in [0.717, 1.165) is 5.56 Å². The van der Waals surface area contributed by atoms with Gasteiger partial charge in [0, 0.05) is 7.11 Å². The Hall–Kier alpha value is -1.00. The summed E-state index contributed by atoms with van der Waals surface area (Å²) in [6, 6.07) is 9.20. The van der Waals surface area contributed by atoms with Crippen LogP contribution in [0.1, 0.15) is 5.56 Å². The Bertz CT molecular complexity index is 275. The summed E-state index contributed by atoms with van der Waals surface area (Å²) < 4.78 is 35.0. The van der Waals surface area contributed by atoms with Crippen LogP contribution in [-0.4, -0.2) is 26.2 Å². The second kappa shape index (κ2) is 5.78. The maximum absolute atomic E-state index is 12.9. The lowest BCUT2D eigenvalue weighted by Gasteiger charge is -2.15. The zero-order chi connectivity index (χ0) is 11.1. The molecule has 0 N–H and O–H groups in total. The minimum Gasteiger partial charge on any atom is -0.378 e. The molecule has 1 rings (SSSR count). The molecule has 0 heterocycles. The fourth-order valence-electron chi connectivity index (χ4n) is 1.15. The quantitative estimate of drug-likeness (QED) is 0.727. The number of hydrogen-bond acceptors (Lipinski definition) is 2. The average Bonchev–Trinajstić information content (AvgIpc) is 2.19. The van der Waals surface area contributed by atoms with Crippen LogP contribution in [0, 0.1) is 0 Å². The van der Waals surface area contributed by atoms with Gasteiger partial charge in [-0.1, -0.05) is 30.3 Å². The number of hydrogen-bond donors (Lipinski definition) is 0. The molecule has 1 aromatic rings. The van der Waals surface area contributed by atoms with E-state index in [1.807, 2.05) is 30.3 Å². The first-order valence-electron chi connectivity index (χ1n) is 4.62. The second-order valence-electron chi connectivity index (χ2n) is 3.27. The number of benzene rings is 1. The van der Waals surface area contributed by atoms with E-state index in [0.29, 0.717) is 0 Å². The van der Waals surface area contributed by atoms with E-state index in [1.165, 1.54) is 7.11 Å². The van der Waals surface area contributed by atoms with Gasteiger partial charge in [-0.2, -0.15) is 0 Å². The average molecular weight is 216 g/mol. The third kappa shape index (κ3) is 4.85. The SMILES string of the molecule is COCC(F)(F)COCc1ccccc1. The first kappa shape index (κ1) is 12.1. The Morgan fingerprint density at radius 1 is 1.13 bits per heavy atom. The minimum absolute atomic E-state index is 0.195. The summed E-state index contributed by atoms with van der Waals surface area (Å²) in [6.45, 7) is -1.03. The van der Waals surface area contributed by atoms with Gasteiger partial charge in [-0.3, -0.25) is 0 Å². The van der Waals surface area contributed by atoms with Crippen molar-refractivity contribution in [2.24, 2.45) is 0 Å². The summed E-state index contributed by atoms with van der Waals surface area (Å²) in [5.74, 6) is -2.91. The lowest BCUT2D eigenvalue weighted by molar-refractivity contribution is -0.119. The highest BCUT2D eigenvalue weighted by molar-refractivity contribution is 5.13. The predicted molar refractivity (Wildman–Crippen MR) is 52.9 cm³/mol. The van der Waals surface area contributed by atoms with Gasteiger partial charge in [0.2, 0.25) is 0 Å². The third-order valence-electron chi connectivity index (χ3n) is 1.78. The van der Waals surface area contributed by atoms with Crippen molar-refractivity contribution in [1.82, 2.24) is 0 Å². The number of rotatable bonds is 6. The van der Waals surface area contributed by atoms with Crippen molar-refractivity contribution in [3.8, 4) is 0 Å². The monoisotopic (exact) mass is 216 g/mol. The summed E-state index contributed by atoms with van der Waals surface area (Å²) in [5, 5.41) is 0. The molecular formula is C11H14F2O2. The Labute approximate surface area is 87.8 Å². The van der Waals surface area contributed by atoms with E-state index in [1.54, 1.807) is 0 Å². The van der Waals surface area contributed by atoms with E-state index >= 15 is 0 Å². The van der Waals surface area contributed by atoms with E-state index in [9.17, 15) is 8.78 Å². The number of ether oxygens (including phenoxy) is 2. The van der Waals surface area contributed by atoms with Crippen LogP contribution in [0.25, 0.3) is 0 Å². The van der Waals surface area contributed by atoms with E-state index < -0.39 is 19.1 Å². The molecule has 0 aliphatic heterocycles. The summed E-state index contributed by atoms with van der Waals surface area (Å²) in [5.41, 5.74) is 0.880. The molecule has 84 valence electrons. The molecule has 0 spiro atoms. The minimum atomic E-state index is -2.91. The zero-order valence-corrected chi connectivity index (χ0v) is 8.58. The van der Waals surface area contributed by atoms with Crippen LogP contribution in [-0.2, 0) is 16.1 Å². The van der Waals surface area contributed by atoms with Gasteiger partial charge < -0.3 is 9.47 Å². The number of methoxy groups -OCH3 is 1. The molecule has 2 nitrogen and oxygen atoms in total. The van der Waals surface area contributed by atoms with Gasteiger partial charge in [0.1, 0.15) is 13.2 Å². The van der Waals surface area contributed by atoms with Crippen molar-refractivity contribution in [1.29, 1.82) is 0 Å². The summed E-state index contributed by atoms with van der Waals surface area (Å²) >= 11 is 0. The first-order chi connectivity index (χ1) is 7.14. The van der Waals surface area contributed by atoms with Crippen LogP contribution in [0.3, 0.4) is 0 Å². The van der Waals surface area contributed by atoms with Gasteiger partial charge in [0.15, 0.2) is 0 Å². The van der Waals surface area contributed by atoms with Crippen LogP contribution in [0.15, 0.2) is 30.3 Å². The first-order valence-corrected chi connectivity index (χ1v) is 4.62. The molecule has 4 heteroatoms. The molecule has 1 aromatic carbocycles. The second-order valence-corrected chi connectivity index (χ2v) is 3.27. The van der Waals surface area contributed by atoms with Crippen LogP contribution < -0.4 is 0 Å². The molecule has 0 aliphatic carbocycles. The van der Waals surface area contributed by atoms with E-state index in [-0.39, 0.29) is 6.61 Å². The highest BCUT2D eigenvalue weighted by Crippen LogP contribution is 2.14. The molecule has 0 radical (unpaired) electrons. The Morgan fingerprint density at radius 3 is 2.40 bits per heavy atom. The standard InChI is InChI=1S/C11H14F2O2/c1-14-8-11(12,13)9-15-7-10-5-3-2-4-6-10/h2-6H,7-9H2,1H3. The van der Waals surface area contributed by atoms with Crippen LogP contribution >= 0.6 is 0 Å². The topological polar surface area (TPSA) is 18.5 Å². The van der Waals surface area contributed by atoms with Gasteiger partial charge in [-0.25, -0.2) is 8.78 Å².